The molecule has 0 bridgehead atoms. The van der Waals surface area contributed by atoms with Gasteiger partial charge in [-0.2, -0.15) is 8.42 Å². The molecule has 3 rings (SSSR count). The van der Waals surface area contributed by atoms with Crippen LogP contribution in [-0.2, 0) is 19.8 Å². The van der Waals surface area contributed by atoms with Crippen molar-refractivity contribution in [1.82, 2.24) is 0 Å². The molecule has 4 nitrogen and oxygen atoms in total. The number of rotatable bonds is 4. The minimum Gasteiger partial charge on any atom is -0.239 e. The number of nitrogens with zero attached hydrogens (tertiary/aromatic N) is 1. The first-order valence-electron chi connectivity index (χ1n) is 7.51. The Morgan fingerprint density at radius 3 is 1.41 bits per heavy atom. The van der Waals surface area contributed by atoms with E-state index in [1.165, 1.54) is 24.3 Å². The Morgan fingerprint density at radius 2 is 1.00 bits per heavy atom. The van der Waals surface area contributed by atoms with E-state index in [1.54, 1.807) is 48.5 Å². The lowest BCUT2D eigenvalue weighted by Crippen LogP contribution is -2.07. The molecule has 0 fully saturated rings. The monoisotopic (exact) mass is 547 g/mol. The van der Waals surface area contributed by atoms with E-state index in [0.717, 1.165) is 8.95 Å². The number of sulfonamides is 1. The predicted octanol–water partition coefficient (Wildman–Crippen LogP) is 6.14. The molecule has 0 aliphatic carbocycles. The lowest BCUT2D eigenvalue weighted by Gasteiger charge is -2.11. The van der Waals surface area contributed by atoms with Crippen LogP contribution in [0.1, 0.15) is 0 Å². The maximum atomic E-state index is 13.9. The summed E-state index contributed by atoms with van der Waals surface area (Å²) in [5.74, 6) is 0. The van der Waals surface area contributed by atoms with Gasteiger partial charge in [0.15, 0.2) is 0 Å². The maximum Gasteiger partial charge on any atom is 0.290 e. The molecule has 0 N–H and O–H groups in total. The molecule has 140 valence electrons. The molecule has 0 radical (unpaired) electrons. The zero-order valence-corrected chi connectivity index (χ0v) is 19.1. The Hall–Kier alpha value is -1.19. The van der Waals surface area contributed by atoms with Gasteiger partial charge in [-0.05, 0) is 72.8 Å². The summed E-state index contributed by atoms with van der Waals surface area (Å²) in [6, 6.07) is 18.7. The molecular weight excluding hydrogens is 538 g/mol. The summed E-state index contributed by atoms with van der Waals surface area (Å²) in [6.45, 7) is 0. The van der Waals surface area contributed by atoms with Crippen LogP contribution >= 0.6 is 43.5 Å². The van der Waals surface area contributed by atoms with E-state index in [0.29, 0.717) is 14.8 Å². The smallest absolute Gasteiger partial charge is 0.239 e. The largest absolute Gasteiger partial charge is 0.290 e. The van der Waals surface area contributed by atoms with Crippen molar-refractivity contribution in [3.8, 4) is 0 Å². The highest BCUT2D eigenvalue weighted by Crippen LogP contribution is 2.29. The van der Waals surface area contributed by atoms with Crippen LogP contribution in [0.2, 0.25) is 5.02 Å². The van der Waals surface area contributed by atoms with Crippen molar-refractivity contribution in [1.29, 1.82) is 0 Å². The predicted molar refractivity (Wildman–Crippen MR) is 114 cm³/mol. The summed E-state index contributed by atoms with van der Waals surface area (Å²) in [6.07, 6.45) is 0. The van der Waals surface area contributed by atoms with Crippen LogP contribution in [0.25, 0.3) is 0 Å². The topological polar surface area (TPSA) is 63.6 Å². The minimum atomic E-state index is -4.18. The van der Waals surface area contributed by atoms with Crippen molar-refractivity contribution in [3.63, 3.8) is 0 Å². The second-order valence-corrected chi connectivity index (χ2v) is 11.7. The van der Waals surface area contributed by atoms with E-state index in [-0.39, 0.29) is 4.90 Å². The fourth-order valence-electron chi connectivity index (χ4n) is 2.25. The molecule has 0 aromatic heterocycles. The van der Waals surface area contributed by atoms with Crippen molar-refractivity contribution in [2.24, 2.45) is 3.77 Å². The van der Waals surface area contributed by atoms with Gasteiger partial charge in [0.1, 0.15) is 9.73 Å². The maximum absolute atomic E-state index is 13.9. The Balaban J connectivity index is 2.28. The van der Waals surface area contributed by atoms with Crippen molar-refractivity contribution >= 4 is 63.2 Å². The van der Waals surface area contributed by atoms with Crippen molar-refractivity contribution in [2.75, 3.05) is 0 Å². The quantitative estimate of drug-likeness (QED) is 0.393. The highest BCUT2D eigenvalue weighted by atomic mass is 79.9. The molecule has 0 atom stereocenters. The molecule has 0 heterocycles. The van der Waals surface area contributed by atoms with E-state index in [1.807, 2.05) is 0 Å². The van der Waals surface area contributed by atoms with Gasteiger partial charge in [0, 0.05) is 14.0 Å². The van der Waals surface area contributed by atoms with Crippen molar-refractivity contribution in [2.45, 2.75) is 14.7 Å². The summed E-state index contributed by atoms with van der Waals surface area (Å²) in [4.78, 5) is 0.518. The summed E-state index contributed by atoms with van der Waals surface area (Å²) in [5, 5.41) is 0.399. The first-order chi connectivity index (χ1) is 12.7. The van der Waals surface area contributed by atoms with Crippen LogP contribution in [0.15, 0.2) is 100 Å². The Morgan fingerprint density at radius 1 is 0.630 bits per heavy atom. The summed E-state index contributed by atoms with van der Waals surface area (Å²) in [5.41, 5.74) is 0. The molecule has 0 aliphatic rings. The third-order valence-corrected chi connectivity index (χ3v) is 9.21. The molecule has 9 heteroatoms. The van der Waals surface area contributed by atoms with Crippen LogP contribution in [0.5, 0.6) is 0 Å². The highest BCUT2D eigenvalue weighted by molar-refractivity contribution is 9.10. The van der Waals surface area contributed by atoms with Gasteiger partial charge >= 0.3 is 0 Å². The summed E-state index contributed by atoms with van der Waals surface area (Å²) < 4.78 is 45.0. The minimum absolute atomic E-state index is 0.0751. The second kappa shape index (κ2) is 8.05. The van der Waals surface area contributed by atoms with E-state index in [9.17, 15) is 12.6 Å². The molecule has 27 heavy (non-hydrogen) atoms. The number of halogens is 3. The van der Waals surface area contributed by atoms with Gasteiger partial charge in [-0.25, -0.2) is 4.21 Å². The second-order valence-electron chi connectivity index (χ2n) is 5.44. The zero-order chi connectivity index (χ0) is 19.7. The standard InChI is InChI=1S/C18H12Br2ClNO3S2/c19-13-1-7-16(8-2-13)26(23,17-9-3-14(20)4-10-17)22-27(24,25)18-11-5-15(21)6-12-18/h1-12H. The molecule has 0 saturated carbocycles. The molecule has 0 amide bonds. The van der Waals surface area contributed by atoms with E-state index >= 15 is 0 Å². The number of hydrogen-bond acceptors (Lipinski definition) is 3. The Bertz CT molecular complexity index is 1130. The van der Waals surface area contributed by atoms with Gasteiger partial charge in [-0.1, -0.05) is 47.2 Å². The molecule has 0 spiro atoms. The molecule has 0 saturated heterocycles. The lowest BCUT2D eigenvalue weighted by molar-refractivity contribution is 0.598. The first-order valence-corrected chi connectivity index (χ1v) is 12.4. The highest BCUT2D eigenvalue weighted by Gasteiger charge is 2.23. The summed E-state index contributed by atoms with van der Waals surface area (Å²) >= 11 is 12.5. The van der Waals surface area contributed by atoms with Gasteiger partial charge in [0.2, 0.25) is 0 Å². The van der Waals surface area contributed by atoms with Gasteiger partial charge < -0.3 is 0 Å². The van der Waals surface area contributed by atoms with Crippen molar-refractivity contribution < 1.29 is 12.6 Å². The Labute approximate surface area is 180 Å². The van der Waals surface area contributed by atoms with Crippen LogP contribution in [-0.4, -0.2) is 12.6 Å². The normalized spacial score (nSPS) is 12.0. The zero-order valence-electron chi connectivity index (χ0n) is 13.6. The van der Waals surface area contributed by atoms with Crippen molar-refractivity contribution in [3.05, 3.63) is 86.8 Å². The number of benzene rings is 3. The van der Waals surface area contributed by atoms with E-state index < -0.39 is 19.8 Å². The van der Waals surface area contributed by atoms with E-state index in [4.69, 9.17) is 11.6 Å². The van der Waals surface area contributed by atoms with Gasteiger partial charge in [-0.15, -0.1) is 0 Å². The molecule has 0 unspecified atom stereocenters. The van der Waals surface area contributed by atoms with Gasteiger partial charge in [0.05, 0.1) is 14.7 Å². The third kappa shape index (κ3) is 4.63. The Kier molecular flexibility index (Phi) is 6.12. The number of hydrogen-bond donors (Lipinski definition) is 0. The molecule has 3 aromatic rings. The molecule has 0 aliphatic heterocycles. The first kappa shape index (κ1) is 20.5. The van der Waals surface area contributed by atoms with Crippen LogP contribution in [0.4, 0.5) is 0 Å². The van der Waals surface area contributed by atoms with Crippen LogP contribution < -0.4 is 0 Å². The SMILES string of the molecule is O=S(=O)(N=S(=O)(c1ccc(Br)cc1)c1ccc(Br)cc1)c1ccc(Cl)cc1. The fraction of sp³-hybridized carbons (Fsp3) is 0. The third-order valence-electron chi connectivity index (χ3n) is 3.58. The van der Waals surface area contributed by atoms with Gasteiger partial charge in [0.25, 0.3) is 10.0 Å². The van der Waals surface area contributed by atoms with Crippen LogP contribution in [0.3, 0.4) is 0 Å². The van der Waals surface area contributed by atoms with Crippen LogP contribution in [0, 0.1) is 0 Å². The summed E-state index contributed by atoms with van der Waals surface area (Å²) in [7, 11) is -7.62. The van der Waals surface area contributed by atoms with E-state index in [2.05, 4.69) is 35.6 Å². The average Bonchev–Trinajstić information content (AvgIpc) is 2.62. The lowest BCUT2D eigenvalue weighted by atomic mass is 10.4. The average molecular weight is 550 g/mol. The molecule has 3 aromatic carbocycles. The van der Waals surface area contributed by atoms with Gasteiger partial charge in [-0.3, -0.25) is 0 Å². The molecular formula is C18H12Br2ClNO3S2. The fourth-order valence-corrected chi connectivity index (χ4v) is 6.80.